The molecule has 1 saturated heterocycles. The molecule has 0 aromatic heterocycles. The number of rotatable bonds is 2. The normalized spacial score (nSPS) is 19.7. The van der Waals surface area contributed by atoms with Gasteiger partial charge in [0, 0.05) is 17.3 Å². The number of carbonyl (C=O) groups excluding carboxylic acids is 1. The van der Waals surface area contributed by atoms with Gasteiger partial charge in [-0.05, 0) is 37.5 Å². The Balaban J connectivity index is 2.02. The van der Waals surface area contributed by atoms with Crippen molar-refractivity contribution in [2.45, 2.75) is 25.3 Å². The molecule has 0 bridgehead atoms. The minimum absolute atomic E-state index is 0.0168. The van der Waals surface area contributed by atoms with Crippen LogP contribution in [0.1, 0.15) is 19.3 Å². The molecule has 1 fully saturated rings. The van der Waals surface area contributed by atoms with E-state index in [4.69, 9.17) is 11.6 Å². The number of piperidine rings is 1. The molecule has 4 nitrogen and oxygen atoms in total. The van der Waals surface area contributed by atoms with Crippen LogP contribution in [-0.2, 0) is 0 Å². The fraction of sp³-hybridized carbons (Fsp3) is 0.462. The van der Waals surface area contributed by atoms with Crippen molar-refractivity contribution < 1.29 is 9.90 Å². The van der Waals surface area contributed by atoms with Gasteiger partial charge in [0.05, 0.1) is 12.6 Å². The third kappa shape index (κ3) is 3.15. The first-order chi connectivity index (χ1) is 8.70. The predicted molar refractivity (Wildman–Crippen MR) is 71.9 cm³/mol. The van der Waals surface area contributed by atoms with Crippen LogP contribution in [0.5, 0.6) is 0 Å². The Kier molecular flexibility index (Phi) is 4.44. The molecule has 2 amide bonds. The van der Waals surface area contributed by atoms with Crippen molar-refractivity contribution in [1.82, 2.24) is 4.90 Å². The van der Waals surface area contributed by atoms with E-state index < -0.39 is 0 Å². The van der Waals surface area contributed by atoms with Gasteiger partial charge in [0.15, 0.2) is 0 Å². The number of hydrogen-bond donors (Lipinski definition) is 2. The van der Waals surface area contributed by atoms with Crippen molar-refractivity contribution in [1.29, 1.82) is 0 Å². The van der Waals surface area contributed by atoms with Gasteiger partial charge in [0.1, 0.15) is 0 Å². The zero-order chi connectivity index (χ0) is 13.0. The molecule has 1 aromatic rings. The summed E-state index contributed by atoms with van der Waals surface area (Å²) in [6.45, 7) is 0.709. The quantitative estimate of drug-likeness (QED) is 0.867. The van der Waals surface area contributed by atoms with Gasteiger partial charge in [-0.1, -0.05) is 17.7 Å². The van der Waals surface area contributed by atoms with E-state index in [2.05, 4.69) is 5.32 Å². The monoisotopic (exact) mass is 268 g/mol. The summed E-state index contributed by atoms with van der Waals surface area (Å²) in [5.41, 5.74) is 0.676. The number of likely N-dealkylation sites (tertiary alicyclic amines) is 1. The third-order valence-electron chi connectivity index (χ3n) is 3.17. The highest BCUT2D eigenvalue weighted by Gasteiger charge is 2.25. The van der Waals surface area contributed by atoms with Gasteiger partial charge in [0.2, 0.25) is 0 Å². The summed E-state index contributed by atoms with van der Waals surface area (Å²) >= 11 is 5.87. The minimum Gasteiger partial charge on any atom is -0.394 e. The number of carbonyl (C=O) groups is 1. The molecule has 5 heteroatoms. The highest BCUT2D eigenvalue weighted by Crippen LogP contribution is 2.19. The van der Waals surface area contributed by atoms with Crippen LogP contribution in [0.25, 0.3) is 0 Å². The molecule has 1 unspecified atom stereocenters. The summed E-state index contributed by atoms with van der Waals surface area (Å²) in [6, 6.07) is 6.81. The second-order valence-corrected chi connectivity index (χ2v) is 4.90. The Morgan fingerprint density at radius 1 is 1.50 bits per heavy atom. The molecule has 2 rings (SSSR count). The average molecular weight is 269 g/mol. The molecule has 0 spiro atoms. The van der Waals surface area contributed by atoms with Gasteiger partial charge in [-0.15, -0.1) is 0 Å². The summed E-state index contributed by atoms with van der Waals surface area (Å²) < 4.78 is 0. The first-order valence-electron chi connectivity index (χ1n) is 6.15. The lowest BCUT2D eigenvalue weighted by Crippen LogP contribution is -2.47. The molecule has 2 N–H and O–H groups in total. The molecule has 98 valence electrons. The van der Waals surface area contributed by atoms with Gasteiger partial charge >= 0.3 is 6.03 Å². The molecular formula is C13H17ClN2O2. The van der Waals surface area contributed by atoms with Crippen molar-refractivity contribution >= 4 is 23.3 Å². The lowest BCUT2D eigenvalue weighted by atomic mass is 10.0. The lowest BCUT2D eigenvalue weighted by Gasteiger charge is -2.34. The summed E-state index contributed by atoms with van der Waals surface area (Å²) in [5, 5.41) is 12.7. The fourth-order valence-electron chi connectivity index (χ4n) is 2.22. The van der Waals surface area contributed by atoms with Crippen molar-refractivity contribution in [3.8, 4) is 0 Å². The van der Waals surface area contributed by atoms with Gasteiger partial charge in [-0.25, -0.2) is 4.79 Å². The number of amides is 2. The number of hydrogen-bond acceptors (Lipinski definition) is 2. The number of aliphatic hydroxyl groups is 1. The molecule has 1 aliphatic heterocycles. The number of nitrogens with one attached hydrogen (secondary N) is 1. The van der Waals surface area contributed by atoms with Crippen LogP contribution in [0.3, 0.4) is 0 Å². The number of benzene rings is 1. The topological polar surface area (TPSA) is 52.6 Å². The van der Waals surface area contributed by atoms with Gasteiger partial charge < -0.3 is 15.3 Å². The Bertz CT molecular complexity index is 425. The van der Waals surface area contributed by atoms with E-state index in [1.54, 1.807) is 29.2 Å². The van der Waals surface area contributed by atoms with Crippen LogP contribution in [0, 0.1) is 0 Å². The number of aliphatic hydroxyl groups excluding tert-OH is 1. The Hall–Kier alpha value is -1.26. The zero-order valence-electron chi connectivity index (χ0n) is 10.1. The molecule has 0 aliphatic carbocycles. The number of nitrogens with zero attached hydrogens (tertiary/aromatic N) is 1. The summed E-state index contributed by atoms with van der Waals surface area (Å²) in [7, 11) is 0. The van der Waals surface area contributed by atoms with Crippen molar-refractivity contribution in [2.75, 3.05) is 18.5 Å². The summed E-state index contributed by atoms with van der Waals surface area (Å²) in [6.07, 6.45) is 2.91. The molecule has 1 atom stereocenters. The Labute approximate surface area is 112 Å². The summed E-state index contributed by atoms with van der Waals surface area (Å²) in [5.74, 6) is 0. The van der Waals surface area contributed by atoms with Gasteiger partial charge in [-0.2, -0.15) is 0 Å². The predicted octanol–water partition coefficient (Wildman–Crippen LogP) is 2.72. The van der Waals surface area contributed by atoms with E-state index >= 15 is 0 Å². The average Bonchev–Trinajstić information content (AvgIpc) is 2.38. The van der Waals surface area contributed by atoms with Crippen molar-refractivity contribution in [3.05, 3.63) is 29.3 Å². The van der Waals surface area contributed by atoms with Crippen LogP contribution in [0.2, 0.25) is 5.02 Å². The van der Waals surface area contributed by atoms with E-state index in [0.717, 1.165) is 19.3 Å². The van der Waals surface area contributed by atoms with E-state index in [1.807, 2.05) is 0 Å². The second kappa shape index (κ2) is 6.07. The lowest BCUT2D eigenvalue weighted by molar-refractivity contribution is 0.115. The number of anilines is 1. The maximum absolute atomic E-state index is 12.1. The van der Waals surface area contributed by atoms with Crippen LogP contribution < -0.4 is 5.32 Å². The fourth-order valence-corrected chi connectivity index (χ4v) is 2.41. The Morgan fingerprint density at radius 2 is 2.33 bits per heavy atom. The maximum Gasteiger partial charge on any atom is 0.322 e. The van der Waals surface area contributed by atoms with E-state index in [1.165, 1.54) is 0 Å². The molecule has 1 aromatic carbocycles. The highest BCUT2D eigenvalue weighted by molar-refractivity contribution is 6.30. The number of halogens is 1. The standard InChI is InChI=1S/C13H17ClN2O2/c14-10-4-3-5-11(8-10)15-13(18)16-7-2-1-6-12(16)9-17/h3-5,8,12,17H,1-2,6-7,9H2,(H,15,18). The first-order valence-corrected chi connectivity index (χ1v) is 6.52. The molecule has 18 heavy (non-hydrogen) atoms. The zero-order valence-corrected chi connectivity index (χ0v) is 10.9. The highest BCUT2D eigenvalue weighted by atomic mass is 35.5. The van der Waals surface area contributed by atoms with E-state index in [9.17, 15) is 9.90 Å². The van der Waals surface area contributed by atoms with Crippen LogP contribution in [0.4, 0.5) is 10.5 Å². The molecule has 1 aliphatic rings. The van der Waals surface area contributed by atoms with E-state index in [-0.39, 0.29) is 18.7 Å². The summed E-state index contributed by atoms with van der Waals surface area (Å²) in [4.78, 5) is 13.8. The largest absolute Gasteiger partial charge is 0.394 e. The van der Waals surface area contributed by atoms with Crippen molar-refractivity contribution in [2.24, 2.45) is 0 Å². The number of urea groups is 1. The van der Waals surface area contributed by atoms with Gasteiger partial charge in [0.25, 0.3) is 0 Å². The Morgan fingerprint density at radius 3 is 3.06 bits per heavy atom. The van der Waals surface area contributed by atoms with Gasteiger partial charge in [-0.3, -0.25) is 0 Å². The van der Waals surface area contributed by atoms with Crippen molar-refractivity contribution in [3.63, 3.8) is 0 Å². The smallest absolute Gasteiger partial charge is 0.322 e. The third-order valence-corrected chi connectivity index (χ3v) is 3.41. The minimum atomic E-state index is -0.170. The van der Waals surface area contributed by atoms with Crippen LogP contribution in [-0.4, -0.2) is 35.2 Å². The maximum atomic E-state index is 12.1. The van der Waals surface area contributed by atoms with Crippen LogP contribution in [0.15, 0.2) is 24.3 Å². The first kappa shape index (κ1) is 13.2. The molecule has 0 saturated carbocycles. The molecule has 0 radical (unpaired) electrons. The SMILES string of the molecule is O=C(Nc1cccc(Cl)c1)N1CCCCC1CO. The van der Waals surface area contributed by atoms with E-state index in [0.29, 0.717) is 17.3 Å². The molecular weight excluding hydrogens is 252 g/mol. The molecule has 1 heterocycles. The van der Waals surface area contributed by atoms with Crippen LogP contribution >= 0.6 is 11.6 Å². The second-order valence-electron chi connectivity index (χ2n) is 4.47.